The molecule has 1 saturated heterocycles. The fraction of sp³-hybridized carbons (Fsp3) is 0.433. The van der Waals surface area contributed by atoms with E-state index in [0.29, 0.717) is 19.6 Å². The normalized spacial score (nSPS) is 15.5. The Labute approximate surface area is 229 Å². The van der Waals surface area contributed by atoms with Crippen molar-refractivity contribution in [3.63, 3.8) is 0 Å². The van der Waals surface area contributed by atoms with Gasteiger partial charge in [0.2, 0.25) is 5.13 Å². The summed E-state index contributed by atoms with van der Waals surface area (Å²) in [4.78, 5) is 15.6. The van der Waals surface area contributed by atoms with Gasteiger partial charge < -0.3 is 14.7 Å². The zero-order valence-electron chi connectivity index (χ0n) is 22.9. The van der Waals surface area contributed by atoms with Crippen molar-refractivity contribution in [2.24, 2.45) is 0 Å². The molecule has 3 aromatic rings. The van der Waals surface area contributed by atoms with Crippen LogP contribution >= 0.6 is 11.3 Å². The fourth-order valence-corrected chi connectivity index (χ4v) is 5.97. The van der Waals surface area contributed by atoms with E-state index in [-0.39, 0.29) is 0 Å². The number of aliphatic carboxylic acids is 1. The SMILES string of the molecule is C=C(c1ccccc1C)N(CCCC)c1nnc(-c2cc(C)c(OCCN3CCCC3C(=O)O)c(C)c2)s1. The molecule has 1 N–H and O–H groups in total. The number of benzene rings is 2. The van der Waals surface area contributed by atoms with Crippen molar-refractivity contribution < 1.29 is 14.6 Å². The number of carboxylic acids is 1. The Morgan fingerprint density at radius 1 is 1.18 bits per heavy atom. The van der Waals surface area contributed by atoms with Gasteiger partial charge in [0.05, 0.1) is 0 Å². The number of rotatable bonds is 12. The van der Waals surface area contributed by atoms with E-state index in [2.05, 4.69) is 59.8 Å². The summed E-state index contributed by atoms with van der Waals surface area (Å²) in [5.74, 6) is 0.105. The first kappa shape index (κ1) is 27.8. The first-order valence-corrected chi connectivity index (χ1v) is 14.2. The summed E-state index contributed by atoms with van der Waals surface area (Å²) < 4.78 is 6.14. The van der Waals surface area contributed by atoms with Crippen LogP contribution in [0.5, 0.6) is 5.75 Å². The number of carboxylic acid groups (broad SMARTS) is 1. The smallest absolute Gasteiger partial charge is 0.320 e. The third-order valence-electron chi connectivity index (χ3n) is 7.14. The first-order valence-electron chi connectivity index (χ1n) is 13.4. The third kappa shape index (κ3) is 6.25. The Morgan fingerprint density at radius 3 is 2.61 bits per heavy atom. The standard InChI is InChI=1S/C30H38N4O3S/c1-6-7-15-34(23(5)25-12-9-8-11-20(25)2)30-32-31-28(38-30)24-18-21(3)27(22(4)19-24)37-17-16-33-14-10-13-26(33)29(35)36/h8-9,11-12,18-19,26H,5-7,10,13-17H2,1-4H3,(H,35,36). The minimum absolute atomic E-state index is 0.395. The number of aromatic nitrogens is 2. The number of ether oxygens (including phenoxy) is 1. The second-order valence-electron chi connectivity index (χ2n) is 9.98. The van der Waals surface area contributed by atoms with Gasteiger partial charge in [0.1, 0.15) is 23.4 Å². The highest BCUT2D eigenvalue weighted by Gasteiger charge is 2.30. The van der Waals surface area contributed by atoms with Gasteiger partial charge in [0.25, 0.3) is 0 Å². The largest absolute Gasteiger partial charge is 0.492 e. The molecule has 1 unspecified atom stereocenters. The average molecular weight is 535 g/mol. The Morgan fingerprint density at radius 2 is 1.92 bits per heavy atom. The molecule has 0 spiro atoms. The van der Waals surface area contributed by atoms with Crippen molar-refractivity contribution in [1.82, 2.24) is 15.1 Å². The van der Waals surface area contributed by atoms with E-state index in [1.54, 1.807) is 11.3 Å². The fourth-order valence-electron chi connectivity index (χ4n) is 5.09. The maximum Gasteiger partial charge on any atom is 0.320 e. The van der Waals surface area contributed by atoms with Gasteiger partial charge in [-0.1, -0.05) is 55.5 Å². The van der Waals surface area contributed by atoms with Crippen molar-refractivity contribution in [2.75, 3.05) is 31.1 Å². The molecule has 4 rings (SSSR count). The summed E-state index contributed by atoms with van der Waals surface area (Å²) in [5.41, 5.74) is 6.32. The number of unbranched alkanes of at least 4 members (excludes halogenated alkanes) is 1. The van der Waals surface area contributed by atoms with Gasteiger partial charge >= 0.3 is 5.97 Å². The number of hydrogen-bond acceptors (Lipinski definition) is 7. The van der Waals surface area contributed by atoms with Gasteiger partial charge in [-0.3, -0.25) is 9.69 Å². The molecular weight excluding hydrogens is 496 g/mol. The molecule has 0 radical (unpaired) electrons. The van der Waals surface area contributed by atoms with Crippen LogP contribution in [0, 0.1) is 20.8 Å². The number of hydrogen-bond donors (Lipinski definition) is 1. The Hall–Kier alpha value is -3.23. The van der Waals surface area contributed by atoms with Crippen molar-refractivity contribution in [3.05, 3.63) is 65.2 Å². The van der Waals surface area contributed by atoms with Gasteiger partial charge in [-0.15, -0.1) is 10.2 Å². The molecule has 7 nitrogen and oxygen atoms in total. The second-order valence-corrected chi connectivity index (χ2v) is 10.9. The summed E-state index contributed by atoms with van der Waals surface area (Å²) in [6, 6.07) is 12.1. The Bertz CT molecular complexity index is 1270. The lowest BCUT2D eigenvalue weighted by Gasteiger charge is -2.24. The number of likely N-dealkylation sites (tertiary alicyclic amines) is 1. The van der Waals surface area contributed by atoms with Crippen molar-refractivity contribution in [3.8, 4) is 16.3 Å². The number of nitrogens with zero attached hydrogens (tertiary/aromatic N) is 4. The molecule has 0 aliphatic carbocycles. The van der Waals surface area contributed by atoms with Crippen LogP contribution in [0.2, 0.25) is 0 Å². The van der Waals surface area contributed by atoms with Gasteiger partial charge in [0.15, 0.2) is 0 Å². The predicted octanol–water partition coefficient (Wildman–Crippen LogP) is 6.34. The zero-order chi connectivity index (χ0) is 27.2. The summed E-state index contributed by atoms with van der Waals surface area (Å²) >= 11 is 1.57. The van der Waals surface area contributed by atoms with Crippen LogP contribution in [-0.2, 0) is 4.79 Å². The van der Waals surface area contributed by atoms with Gasteiger partial charge in [-0.2, -0.15) is 0 Å². The predicted molar refractivity (Wildman–Crippen MR) is 155 cm³/mol. The molecule has 0 bridgehead atoms. The molecule has 2 aromatic carbocycles. The van der Waals surface area contributed by atoms with Crippen molar-refractivity contribution >= 4 is 28.1 Å². The van der Waals surface area contributed by atoms with Crippen LogP contribution in [0.1, 0.15) is 54.9 Å². The quantitative estimate of drug-likeness (QED) is 0.291. The lowest BCUT2D eigenvalue weighted by Crippen LogP contribution is -2.38. The molecule has 0 saturated carbocycles. The highest BCUT2D eigenvalue weighted by molar-refractivity contribution is 7.18. The number of anilines is 1. The van der Waals surface area contributed by atoms with Crippen LogP contribution in [0.15, 0.2) is 43.0 Å². The van der Waals surface area contributed by atoms with Crippen molar-refractivity contribution in [1.29, 1.82) is 0 Å². The van der Waals surface area contributed by atoms with E-state index in [1.807, 2.05) is 30.9 Å². The van der Waals surface area contributed by atoms with Crippen LogP contribution in [0.4, 0.5) is 5.13 Å². The minimum atomic E-state index is -0.744. The maximum absolute atomic E-state index is 11.4. The third-order valence-corrected chi connectivity index (χ3v) is 8.14. The van der Waals surface area contributed by atoms with E-state index in [9.17, 15) is 9.90 Å². The van der Waals surface area contributed by atoms with Gasteiger partial charge in [-0.05, 0) is 75.4 Å². The van der Waals surface area contributed by atoms with E-state index >= 15 is 0 Å². The van der Waals surface area contributed by atoms with Crippen LogP contribution < -0.4 is 9.64 Å². The Balaban J connectivity index is 1.49. The highest BCUT2D eigenvalue weighted by atomic mass is 32.1. The molecule has 202 valence electrons. The van der Waals surface area contributed by atoms with E-state index in [1.165, 1.54) is 5.56 Å². The summed E-state index contributed by atoms with van der Waals surface area (Å²) in [7, 11) is 0. The minimum Gasteiger partial charge on any atom is -0.492 e. The molecule has 1 fully saturated rings. The highest BCUT2D eigenvalue weighted by Crippen LogP contribution is 2.36. The van der Waals surface area contributed by atoms with Gasteiger partial charge in [0, 0.05) is 29.9 Å². The topological polar surface area (TPSA) is 78.8 Å². The monoisotopic (exact) mass is 534 g/mol. The summed E-state index contributed by atoms with van der Waals surface area (Å²) in [6.07, 6.45) is 3.74. The average Bonchev–Trinajstić information content (AvgIpc) is 3.56. The molecule has 2 heterocycles. The Kier molecular flexibility index (Phi) is 9.17. The molecule has 1 aromatic heterocycles. The lowest BCUT2D eigenvalue weighted by molar-refractivity contribution is -0.142. The van der Waals surface area contributed by atoms with E-state index in [4.69, 9.17) is 4.74 Å². The molecule has 1 aliphatic heterocycles. The first-order chi connectivity index (χ1) is 18.3. The van der Waals surface area contributed by atoms with Crippen molar-refractivity contribution in [2.45, 2.75) is 59.4 Å². The number of carbonyl (C=O) groups is 1. The lowest BCUT2D eigenvalue weighted by atomic mass is 10.1. The molecule has 0 amide bonds. The van der Waals surface area contributed by atoms with Crippen LogP contribution in [-0.4, -0.2) is 58.5 Å². The molecule has 1 aliphatic rings. The molecule has 38 heavy (non-hydrogen) atoms. The summed E-state index contributed by atoms with van der Waals surface area (Å²) in [5, 5.41) is 20.2. The molecular formula is C30H38N4O3S. The van der Waals surface area contributed by atoms with Gasteiger partial charge in [-0.25, -0.2) is 0 Å². The van der Waals surface area contributed by atoms with Crippen LogP contribution in [0.25, 0.3) is 16.3 Å². The molecule has 8 heteroatoms. The maximum atomic E-state index is 11.4. The van der Waals surface area contributed by atoms with E-state index < -0.39 is 12.0 Å². The number of aryl methyl sites for hydroxylation is 3. The summed E-state index contributed by atoms with van der Waals surface area (Å²) in [6.45, 7) is 15.5. The van der Waals surface area contributed by atoms with Crippen LogP contribution in [0.3, 0.4) is 0 Å². The zero-order valence-corrected chi connectivity index (χ0v) is 23.7. The second kappa shape index (κ2) is 12.5. The van der Waals surface area contributed by atoms with E-state index in [0.717, 1.165) is 76.2 Å². The molecule has 1 atom stereocenters.